The number of nitrogens with one attached hydrogen (secondary N) is 1. The number of hydrogen-bond acceptors (Lipinski definition) is 2. The van der Waals surface area contributed by atoms with E-state index >= 15 is 0 Å². The van der Waals surface area contributed by atoms with Crippen molar-refractivity contribution in [2.24, 2.45) is 0 Å². The van der Waals surface area contributed by atoms with Crippen molar-refractivity contribution < 1.29 is 4.74 Å². The van der Waals surface area contributed by atoms with Gasteiger partial charge in [-0.3, -0.25) is 5.10 Å². The largest absolute Gasteiger partial charge is 0.456 e. The van der Waals surface area contributed by atoms with E-state index in [1.165, 1.54) is 0 Å². The third-order valence-electron chi connectivity index (χ3n) is 3.18. The summed E-state index contributed by atoms with van der Waals surface area (Å²) in [5.41, 5.74) is 3.17. The van der Waals surface area contributed by atoms with Crippen LogP contribution >= 0.6 is 38.5 Å². The number of aryl methyl sites for hydroxylation is 2. The first kappa shape index (κ1) is 13.9. The fourth-order valence-electron chi connectivity index (χ4n) is 2.13. The molecule has 0 aliphatic heterocycles. The lowest BCUT2D eigenvalue weighted by molar-refractivity contribution is 0.473. The van der Waals surface area contributed by atoms with Crippen molar-refractivity contribution in [3.8, 4) is 11.5 Å². The molecule has 3 rings (SSSR count). The SMILES string of the molecule is Cc1cccc(C)c1Oc1cc2c(I)[nH]nc2cc1Br. The van der Waals surface area contributed by atoms with Crippen molar-refractivity contribution in [3.05, 3.63) is 49.6 Å². The Labute approximate surface area is 139 Å². The average Bonchev–Trinajstić information content (AvgIpc) is 2.75. The van der Waals surface area contributed by atoms with E-state index in [9.17, 15) is 0 Å². The van der Waals surface area contributed by atoms with Crippen LogP contribution in [-0.4, -0.2) is 10.2 Å². The Morgan fingerprint density at radius 2 is 1.90 bits per heavy atom. The summed E-state index contributed by atoms with van der Waals surface area (Å²) in [4.78, 5) is 0. The molecule has 0 aliphatic carbocycles. The molecular formula is C15H12BrIN2O. The summed E-state index contributed by atoms with van der Waals surface area (Å²) >= 11 is 5.79. The molecule has 0 fully saturated rings. The first-order valence-corrected chi connectivity index (χ1v) is 8.00. The zero-order valence-corrected chi connectivity index (χ0v) is 14.7. The van der Waals surface area contributed by atoms with Crippen LogP contribution in [0.4, 0.5) is 0 Å². The molecule has 0 radical (unpaired) electrons. The van der Waals surface area contributed by atoms with E-state index < -0.39 is 0 Å². The van der Waals surface area contributed by atoms with Gasteiger partial charge in [0.15, 0.2) is 0 Å². The molecule has 3 nitrogen and oxygen atoms in total. The number of aromatic amines is 1. The lowest BCUT2D eigenvalue weighted by Crippen LogP contribution is -1.91. The highest BCUT2D eigenvalue weighted by molar-refractivity contribution is 14.1. The zero-order valence-electron chi connectivity index (χ0n) is 11.0. The summed E-state index contributed by atoms with van der Waals surface area (Å²) in [6.07, 6.45) is 0. The van der Waals surface area contributed by atoms with Crippen LogP contribution in [0, 0.1) is 17.5 Å². The summed E-state index contributed by atoms with van der Waals surface area (Å²) in [5.74, 6) is 1.71. The van der Waals surface area contributed by atoms with Gasteiger partial charge in [0.05, 0.1) is 9.99 Å². The minimum absolute atomic E-state index is 0.800. The summed E-state index contributed by atoms with van der Waals surface area (Å²) in [6.45, 7) is 4.10. The Balaban J connectivity index is 2.10. The van der Waals surface area contributed by atoms with Crippen molar-refractivity contribution in [2.75, 3.05) is 0 Å². The van der Waals surface area contributed by atoms with Crippen molar-refractivity contribution in [1.82, 2.24) is 10.2 Å². The fourth-order valence-corrected chi connectivity index (χ4v) is 3.09. The minimum atomic E-state index is 0.800. The molecule has 0 unspecified atom stereocenters. The predicted octanol–water partition coefficient (Wildman–Crippen LogP) is 5.34. The van der Waals surface area contributed by atoms with Crippen LogP contribution in [-0.2, 0) is 0 Å². The summed E-state index contributed by atoms with van der Waals surface area (Å²) in [5, 5.41) is 8.29. The van der Waals surface area contributed by atoms with Gasteiger partial charge in [-0.2, -0.15) is 5.10 Å². The monoisotopic (exact) mass is 442 g/mol. The summed E-state index contributed by atoms with van der Waals surface area (Å²) < 4.78 is 8.02. The molecular weight excluding hydrogens is 431 g/mol. The second-order valence-electron chi connectivity index (χ2n) is 4.66. The van der Waals surface area contributed by atoms with Crippen LogP contribution in [0.15, 0.2) is 34.8 Å². The molecule has 0 atom stereocenters. The van der Waals surface area contributed by atoms with Crippen LogP contribution in [0.25, 0.3) is 10.9 Å². The maximum atomic E-state index is 6.11. The number of rotatable bonds is 2. The van der Waals surface area contributed by atoms with Gasteiger partial charge >= 0.3 is 0 Å². The maximum absolute atomic E-state index is 6.11. The van der Waals surface area contributed by atoms with Gasteiger partial charge in [0.25, 0.3) is 0 Å². The van der Waals surface area contributed by atoms with Crippen LogP contribution in [0.2, 0.25) is 0 Å². The van der Waals surface area contributed by atoms with Gasteiger partial charge < -0.3 is 4.74 Å². The molecule has 0 saturated carbocycles. The van der Waals surface area contributed by atoms with Crippen molar-refractivity contribution in [2.45, 2.75) is 13.8 Å². The van der Waals surface area contributed by atoms with E-state index in [0.717, 1.165) is 41.7 Å². The first-order valence-electron chi connectivity index (χ1n) is 6.13. The highest BCUT2D eigenvalue weighted by atomic mass is 127. The van der Waals surface area contributed by atoms with E-state index in [0.29, 0.717) is 0 Å². The van der Waals surface area contributed by atoms with Gasteiger partial charge in [-0.15, -0.1) is 0 Å². The number of H-pyrrole nitrogens is 1. The summed E-state index contributed by atoms with van der Waals surface area (Å²) in [7, 11) is 0. The molecule has 3 aromatic rings. The third kappa shape index (κ3) is 2.44. The van der Waals surface area contributed by atoms with Crippen LogP contribution in [0.5, 0.6) is 11.5 Å². The molecule has 0 amide bonds. The Kier molecular flexibility index (Phi) is 3.72. The van der Waals surface area contributed by atoms with Gasteiger partial charge in [0.1, 0.15) is 15.2 Å². The number of para-hydroxylation sites is 1. The number of aromatic nitrogens is 2. The Hall–Kier alpha value is -1.08. The number of ether oxygens (including phenoxy) is 1. The molecule has 0 saturated heterocycles. The zero-order chi connectivity index (χ0) is 14.3. The molecule has 0 spiro atoms. The van der Waals surface area contributed by atoms with Gasteiger partial charge in [-0.1, -0.05) is 18.2 Å². The third-order valence-corrected chi connectivity index (χ3v) is 4.62. The molecule has 2 aromatic carbocycles. The highest BCUT2D eigenvalue weighted by Gasteiger charge is 2.12. The summed E-state index contributed by atoms with van der Waals surface area (Å²) in [6, 6.07) is 10.1. The maximum Gasteiger partial charge on any atom is 0.142 e. The van der Waals surface area contributed by atoms with Crippen LogP contribution < -0.4 is 4.74 Å². The van der Waals surface area contributed by atoms with Crippen LogP contribution in [0.1, 0.15) is 11.1 Å². The molecule has 0 bridgehead atoms. The van der Waals surface area contributed by atoms with E-state index in [1.807, 2.05) is 18.2 Å². The molecule has 0 aliphatic rings. The lowest BCUT2D eigenvalue weighted by atomic mass is 10.1. The Morgan fingerprint density at radius 3 is 2.60 bits per heavy atom. The fraction of sp³-hybridized carbons (Fsp3) is 0.133. The molecule has 1 N–H and O–H groups in total. The molecule has 20 heavy (non-hydrogen) atoms. The standard InChI is InChI=1S/C15H12BrIN2O/c1-8-4-3-5-9(2)14(8)20-13-6-10-12(7-11(13)16)18-19-15(10)17/h3-7H,1-2H3,(H,18,19). The lowest BCUT2D eigenvalue weighted by Gasteiger charge is -2.13. The predicted molar refractivity (Wildman–Crippen MR) is 92.5 cm³/mol. The van der Waals surface area contributed by atoms with Gasteiger partial charge in [0, 0.05) is 5.39 Å². The Bertz CT molecular complexity index is 778. The normalized spacial score (nSPS) is 11.0. The highest BCUT2D eigenvalue weighted by Crippen LogP contribution is 2.36. The molecule has 1 aromatic heterocycles. The number of hydrogen-bond donors (Lipinski definition) is 1. The van der Waals surface area contributed by atoms with Crippen molar-refractivity contribution in [3.63, 3.8) is 0 Å². The molecule has 5 heteroatoms. The molecule has 1 heterocycles. The second kappa shape index (κ2) is 5.37. The average molecular weight is 443 g/mol. The second-order valence-corrected chi connectivity index (χ2v) is 6.59. The van der Waals surface area contributed by atoms with Gasteiger partial charge in [-0.25, -0.2) is 0 Å². The van der Waals surface area contributed by atoms with E-state index in [4.69, 9.17) is 4.74 Å². The van der Waals surface area contributed by atoms with E-state index in [2.05, 4.69) is 74.7 Å². The van der Waals surface area contributed by atoms with Gasteiger partial charge in [-0.05, 0) is 75.6 Å². The van der Waals surface area contributed by atoms with Crippen molar-refractivity contribution in [1.29, 1.82) is 0 Å². The first-order chi connectivity index (χ1) is 9.56. The minimum Gasteiger partial charge on any atom is -0.456 e. The Morgan fingerprint density at radius 1 is 1.20 bits per heavy atom. The smallest absolute Gasteiger partial charge is 0.142 e. The topological polar surface area (TPSA) is 37.9 Å². The van der Waals surface area contributed by atoms with Gasteiger partial charge in [0.2, 0.25) is 0 Å². The van der Waals surface area contributed by atoms with E-state index in [-0.39, 0.29) is 0 Å². The quantitative estimate of drug-likeness (QED) is 0.544. The number of benzene rings is 2. The number of halogens is 2. The number of nitrogens with zero attached hydrogens (tertiary/aromatic N) is 1. The number of fused-ring (bicyclic) bond motifs is 1. The molecule has 102 valence electrons. The van der Waals surface area contributed by atoms with Crippen molar-refractivity contribution >= 4 is 49.4 Å². The van der Waals surface area contributed by atoms with E-state index in [1.54, 1.807) is 0 Å². The van der Waals surface area contributed by atoms with Crippen LogP contribution in [0.3, 0.4) is 0 Å².